The Morgan fingerprint density at radius 1 is 1.11 bits per heavy atom. The molecule has 5 heteroatoms. The molecular weight excluding hydrogens is 358 g/mol. The molecule has 146 valence electrons. The van der Waals surface area contributed by atoms with Crippen LogP contribution in [0.25, 0.3) is 6.08 Å². The lowest BCUT2D eigenvalue weighted by Gasteiger charge is -2.20. The highest BCUT2D eigenvalue weighted by Crippen LogP contribution is 2.06. The van der Waals surface area contributed by atoms with Gasteiger partial charge in [-0.15, -0.1) is 12.4 Å². The van der Waals surface area contributed by atoms with Crippen LogP contribution in [0.15, 0.2) is 60.9 Å². The number of benzene rings is 1. The molecule has 0 aliphatic rings. The first-order chi connectivity index (χ1) is 12.8. The molecule has 1 amide bonds. The first-order valence-electron chi connectivity index (χ1n) is 9.40. The number of pyridine rings is 1. The van der Waals surface area contributed by atoms with Crippen molar-refractivity contribution in [1.82, 2.24) is 15.2 Å². The van der Waals surface area contributed by atoms with E-state index in [0.29, 0.717) is 0 Å². The molecule has 1 heterocycles. The normalized spacial score (nSPS) is 10.7. The number of carbonyl (C=O) groups is 1. The van der Waals surface area contributed by atoms with E-state index in [1.54, 1.807) is 24.5 Å². The maximum Gasteiger partial charge on any atom is 0.243 e. The zero-order chi connectivity index (χ0) is 18.5. The largest absolute Gasteiger partial charge is 0.353 e. The summed E-state index contributed by atoms with van der Waals surface area (Å²) < 4.78 is 0. The van der Waals surface area contributed by atoms with Gasteiger partial charge in [0.05, 0.1) is 0 Å². The van der Waals surface area contributed by atoms with Gasteiger partial charge in [-0.25, -0.2) is 0 Å². The Balaban J connectivity index is 0.00000364. The zero-order valence-electron chi connectivity index (χ0n) is 16.0. The third kappa shape index (κ3) is 9.92. The number of nitrogens with one attached hydrogen (secondary N) is 1. The average Bonchev–Trinajstić information content (AvgIpc) is 2.69. The van der Waals surface area contributed by atoms with E-state index in [-0.39, 0.29) is 18.3 Å². The van der Waals surface area contributed by atoms with Crippen molar-refractivity contribution in [2.24, 2.45) is 0 Å². The van der Waals surface area contributed by atoms with Gasteiger partial charge in [0, 0.05) is 31.6 Å². The van der Waals surface area contributed by atoms with Gasteiger partial charge in [-0.05, 0) is 49.2 Å². The Bertz CT molecular complexity index is 662. The number of rotatable bonds is 11. The fourth-order valence-corrected chi connectivity index (χ4v) is 2.74. The summed E-state index contributed by atoms with van der Waals surface area (Å²) in [7, 11) is 0. The van der Waals surface area contributed by atoms with Crippen LogP contribution in [0.2, 0.25) is 0 Å². The maximum absolute atomic E-state index is 11.8. The van der Waals surface area contributed by atoms with E-state index in [0.717, 1.165) is 51.0 Å². The second kappa shape index (κ2) is 14.0. The number of unbranched alkanes of at least 4 members (excludes halogenated alkanes) is 2. The molecule has 4 nitrogen and oxygen atoms in total. The minimum absolute atomic E-state index is 0. The van der Waals surface area contributed by atoms with Gasteiger partial charge in [-0.3, -0.25) is 14.7 Å². The number of nitrogens with zero attached hydrogens (tertiary/aromatic N) is 2. The SMILES string of the molecule is CCN(CCCCCNC(=O)C=Cc1cccnc1)Cc1ccccc1.Cl. The predicted octanol–water partition coefficient (Wildman–Crippen LogP) is 4.33. The van der Waals surface area contributed by atoms with Gasteiger partial charge in [0.2, 0.25) is 5.91 Å². The lowest BCUT2D eigenvalue weighted by atomic mass is 10.2. The summed E-state index contributed by atoms with van der Waals surface area (Å²) in [6.45, 7) is 6.09. The lowest BCUT2D eigenvalue weighted by molar-refractivity contribution is -0.116. The minimum Gasteiger partial charge on any atom is -0.353 e. The highest BCUT2D eigenvalue weighted by atomic mass is 35.5. The second-order valence-electron chi connectivity index (χ2n) is 6.33. The van der Waals surface area contributed by atoms with Crippen molar-refractivity contribution in [2.45, 2.75) is 32.7 Å². The molecule has 0 aliphatic heterocycles. The first-order valence-corrected chi connectivity index (χ1v) is 9.40. The minimum atomic E-state index is -0.0480. The maximum atomic E-state index is 11.8. The molecule has 27 heavy (non-hydrogen) atoms. The zero-order valence-corrected chi connectivity index (χ0v) is 16.8. The van der Waals surface area contributed by atoms with Gasteiger partial charge in [0.15, 0.2) is 0 Å². The fraction of sp³-hybridized carbons (Fsp3) is 0.364. The van der Waals surface area contributed by atoms with Crippen LogP contribution in [-0.4, -0.2) is 35.4 Å². The van der Waals surface area contributed by atoms with Crippen LogP contribution in [0.4, 0.5) is 0 Å². The van der Waals surface area contributed by atoms with Crippen LogP contribution in [0.5, 0.6) is 0 Å². The van der Waals surface area contributed by atoms with Gasteiger partial charge in [0.1, 0.15) is 0 Å². The molecule has 1 aromatic heterocycles. The Morgan fingerprint density at radius 2 is 1.93 bits per heavy atom. The predicted molar refractivity (Wildman–Crippen MR) is 115 cm³/mol. The summed E-state index contributed by atoms with van der Waals surface area (Å²) in [6.07, 6.45) is 10.1. The number of halogens is 1. The van der Waals surface area contributed by atoms with Crippen molar-refractivity contribution in [3.63, 3.8) is 0 Å². The van der Waals surface area contributed by atoms with Crippen molar-refractivity contribution >= 4 is 24.4 Å². The molecule has 0 saturated heterocycles. The molecule has 0 spiro atoms. The van der Waals surface area contributed by atoms with Crippen LogP contribution in [-0.2, 0) is 11.3 Å². The van der Waals surface area contributed by atoms with E-state index < -0.39 is 0 Å². The van der Waals surface area contributed by atoms with E-state index in [9.17, 15) is 4.79 Å². The molecule has 2 aromatic rings. The van der Waals surface area contributed by atoms with Gasteiger partial charge in [-0.1, -0.05) is 49.7 Å². The van der Waals surface area contributed by atoms with Crippen LogP contribution in [0.3, 0.4) is 0 Å². The third-order valence-corrected chi connectivity index (χ3v) is 4.26. The molecule has 0 fully saturated rings. The van der Waals surface area contributed by atoms with E-state index in [1.807, 2.05) is 12.1 Å². The average molecular weight is 388 g/mol. The van der Waals surface area contributed by atoms with Crippen LogP contribution in [0, 0.1) is 0 Å². The molecule has 0 aliphatic carbocycles. The lowest BCUT2D eigenvalue weighted by Crippen LogP contribution is -2.25. The van der Waals surface area contributed by atoms with Crippen molar-refractivity contribution in [2.75, 3.05) is 19.6 Å². The van der Waals surface area contributed by atoms with Crippen molar-refractivity contribution in [1.29, 1.82) is 0 Å². The molecule has 0 saturated carbocycles. The summed E-state index contributed by atoms with van der Waals surface area (Å²) >= 11 is 0. The Labute approximate surface area is 169 Å². The van der Waals surface area contributed by atoms with Crippen molar-refractivity contribution in [3.8, 4) is 0 Å². The molecule has 0 radical (unpaired) electrons. The number of aromatic nitrogens is 1. The van der Waals surface area contributed by atoms with E-state index in [2.05, 4.69) is 52.5 Å². The molecule has 1 aromatic carbocycles. The topological polar surface area (TPSA) is 45.2 Å². The second-order valence-corrected chi connectivity index (χ2v) is 6.33. The molecule has 0 unspecified atom stereocenters. The highest BCUT2D eigenvalue weighted by Gasteiger charge is 2.03. The van der Waals surface area contributed by atoms with E-state index >= 15 is 0 Å². The molecular formula is C22H30ClN3O. The van der Waals surface area contributed by atoms with Crippen molar-refractivity contribution < 1.29 is 4.79 Å². The molecule has 1 N–H and O–H groups in total. The van der Waals surface area contributed by atoms with Crippen LogP contribution in [0.1, 0.15) is 37.3 Å². The van der Waals surface area contributed by atoms with Gasteiger partial charge >= 0.3 is 0 Å². The van der Waals surface area contributed by atoms with Gasteiger partial charge in [0.25, 0.3) is 0 Å². The Hall–Kier alpha value is -2.17. The van der Waals surface area contributed by atoms with Crippen LogP contribution >= 0.6 is 12.4 Å². The first kappa shape index (κ1) is 22.9. The number of hydrogen-bond donors (Lipinski definition) is 1. The molecule has 0 atom stereocenters. The smallest absolute Gasteiger partial charge is 0.243 e. The highest BCUT2D eigenvalue weighted by molar-refractivity contribution is 5.91. The Morgan fingerprint density at radius 3 is 2.63 bits per heavy atom. The summed E-state index contributed by atoms with van der Waals surface area (Å²) in [5, 5.41) is 2.94. The summed E-state index contributed by atoms with van der Waals surface area (Å²) in [4.78, 5) is 18.3. The van der Waals surface area contributed by atoms with Crippen LogP contribution < -0.4 is 5.32 Å². The monoisotopic (exact) mass is 387 g/mol. The standard InChI is InChI=1S/C22H29N3O.ClH/c1-2-25(19-21-10-5-3-6-11-21)17-8-4-7-16-24-22(26)14-13-20-12-9-15-23-18-20;/h3,5-6,9-15,18H,2,4,7-8,16-17,19H2,1H3,(H,24,26);1H. The number of amides is 1. The van der Waals surface area contributed by atoms with Gasteiger partial charge in [-0.2, -0.15) is 0 Å². The quantitative estimate of drug-likeness (QED) is 0.461. The Kier molecular flexibility index (Phi) is 11.8. The number of hydrogen-bond acceptors (Lipinski definition) is 3. The fourth-order valence-electron chi connectivity index (χ4n) is 2.74. The molecule has 0 bridgehead atoms. The third-order valence-electron chi connectivity index (χ3n) is 4.26. The number of carbonyl (C=O) groups excluding carboxylic acids is 1. The van der Waals surface area contributed by atoms with Gasteiger partial charge < -0.3 is 5.32 Å². The van der Waals surface area contributed by atoms with E-state index in [1.165, 1.54) is 5.56 Å². The van der Waals surface area contributed by atoms with Crippen molar-refractivity contribution in [3.05, 3.63) is 72.1 Å². The van der Waals surface area contributed by atoms with E-state index in [4.69, 9.17) is 0 Å². The summed E-state index contributed by atoms with van der Waals surface area (Å²) in [5.41, 5.74) is 2.29. The summed E-state index contributed by atoms with van der Waals surface area (Å²) in [6, 6.07) is 14.4. The summed E-state index contributed by atoms with van der Waals surface area (Å²) in [5.74, 6) is -0.0480. The molecule has 2 rings (SSSR count).